The fourth-order valence-electron chi connectivity index (χ4n) is 3.24. The van der Waals surface area contributed by atoms with E-state index in [2.05, 4.69) is 33.1 Å². The van der Waals surface area contributed by atoms with Gasteiger partial charge in [-0.3, -0.25) is 0 Å². The van der Waals surface area contributed by atoms with Crippen molar-refractivity contribution in [2.75, 3.05) is 7.05 Å². The average molecular weight is 197 g/mol. The first-order valence-corrected chi connectivity index (χ1v) is 6.38. The van der Waals surface area contributed by atoms with Crippen molar-refractivity contribution in [3.05, 3.63) is 0 Å². The zero-order valence-electron chi connectivity index (χ0n) is 10.3. The molecule has 1 rings (SSSR count). The highest BCUT2D eigenvalue weighted by Crippen LogP contribution is 2.37. The van der Waals surface area contributed by atoms with Crippen LogP contribution in [-0.4, -0.2) is 13.1 Å². The van der Waals surface area contributed by atoms with Gasteiger partial charge in [-0.2, -0.15) is 0 Å². The van der Waals surface area contributed by atoms with E-state index in [-0.39, 0.29) is 0 Å². The van der Waals surface area contributed by atoms with Gasteiger partial charge in [0.25, 0.3) is 0 Å². The van der Waals surface area contributed by atoms with Gasteiger partial charge in [0.15, 0.2) is 0 Å². The second-order valence-corrected chi connectivity index (χ2v) is 5.16. The molecule has 0 aliphatic heterocycles. The SMILES string of the molecule is CCC(NC)C1CCCCC1C(C)C. The van der Waals surface area contributed by atoms with Gasteiger partial charge in [0, 0.05) is 6.04 Å². The second kappa shape index (κ2) is 5.75. The zero-order chi connectivity index (χ0) is 10.6. The Hall–Kier alpha value is -0.0400. The zero-order valence-corrected chi connectivity index (χ0v) is 10.3. The minimum absolute atomic E-state index is 0.753. The molecule has 1 fully saturated rings. The molecule has 1 aliphatic carbocycles. The van der Waals surface area contributed by atoms with Gasteiger partial charge in [-0.05, 0) is 44.1 Å². The van der Waals surface area contributed by atoms with Crippen molar-refractivity contribution in [1.29, 1.82) is 0 Å². The number of hydrogen-bond acceptors (Lipinski definition) is 1. The molecule has 0 radical (unpaired) electrons. The third-order valence-electron chi connectivity index (χ3n) is 4.06. The lowest BCUT2D eigenvalue weighted by molar-refractivity contribution is 0.138. The largest absolute Gasteiger partial charge is 0.317 e. The van der Waals surface area contributed by atoms with Crippen LogP contribution >= 0.6 is 0 Å². The molecule has 3 atom stereocenters. The summed E-state index contributed by atoms with van der Waals surface area (Å²) < 4.78 is 0. The monoisotopic (exact) mass is 197 g/mol. The molecule has 3 unspecified atom stereocenters. The molecule has 0 aromatic rings. The highest BCUT2D eigenvalue weighted by molar-refractivity contribution is 4.85. The lowest BCUT2D eigenvalue weighted by Gasteiger charge is -2.39. The van der Waals surface area contributed by atoms with E-state index in [4.69, 9.17) is 0 Å². The van der Waals surface area contributed by atoms with E-state index in [0.29, 0.717) is 0 Å². The summed E-state index contributed by atoms with van der Waals surface area (Å²) in [5.41, 5.74) is 0. The number of nitrogens with one attached hydrogen (secondary N) is 1. The molecule has 0 saturated heterocycles. The summed E-state index contributed by atoms with van der Waals surface area (Å²) in [5.74, 6) is 2.75. The van der Waals surface area contributed by atoms with E-state index in [1.807, 2.05) is 0 Å². The van der Waals surface area contributed by atoms with Crippen molar-refractivity contribution in [3.63, 3.8) is 0 Å². The first-order chi connectivity index (χ1) is 6.70. The first-order valence-electron chi connectivity index (χ1n) is 6.38. The third-order valence-corrected chi connectivity index (χ3v) is 4.06. The summed E-state index contributed by atoms with van der Waals surface area (Å²) in [6.07, 6.45) is 7.10. The summed E-state index contributed by atoms with van der Waals surface area (Å²) in [6.45, 7) is 7.10. The Labute approximate surface area is 89.7 Å². The van der Waals surface area contributed by atoms with E-state index in [0.717, 1.165) is 23.8 Å². The van der Waals surface area contributed by atoms with Gasteiger partial charge in [0.1, 0.15) is 0 Å². The molecule has 0 heterocycles. The van der Waals surface area contributed by atoms with Gasteiger partial charge < -0.3 is 5.32 Å². The van der Waals surface area contributed by atoms with E-state index in [9.17, 15) is 0 Å². The lowest BCUT2D eigenvalue weighted by atomic mass is 9.70. The molecular weight excluding hydrogens is 170 g/mol. The van der Waals surface area contributed by atoms with Gasteiger partial charge in [0.05, 0.1) is 0 Å². The van der Waals surface area contributed by atoms with Crippen LogP contribution < -0.4 is 5.32 Å². The molecule has 1 nitrogen and oxygen atoms in total. The van der Waals surface area contributed by atoms with Gasteiger partial charge in [-0.1, -0.05) is 33.6 Å². The third kappa shape index (κ3) is 2.73. The van der Waals surface area contributed by atoms with Crippen molar-refractivity contribution in [2.24, 2.45) is 17.8 Å². The minimum atomic E-state index is 0.753. The summed E-state index contributed by atoms with van der Waals surface area (Å²) in [7, 11) is 2.13. The second-order valence-electron chi connectivity index (χ2n) is 5.16. The minimum Gasteiger partial charge on any atom is -0.317 e. The fraction of sp³-hybridized carbons (Fsp3) is 1.00. The summed E-state index contributed by atoms with van der Waals surface area (Å²) >= 11 is 0. The van der Waals surface area contributed by atoms with Crippen molar-refractivity contribution in [3.8, 4) is 0 Å². The highest BCUT2D eigenvalue weighted by atomic mass is 14.9. The van der Waals surface area contributed by atoms with Crippen LogP contribution in [0.25, 0.3) is 0 Å². The van der Waals surface area contributed by atoms with E-state index in [1.54, 1.807) is 0 Å². The molecular formula is C13H27N. The molecule has 14 heavy (non-hydrogen) atoms. The predicted octanol–water partition coefficient (Wildman–Crippen LogP) is 3.45. The highest BCUT2D eigenvalue weighted by Gasteiger charge is 2.31. The van der Waals surface area contributed by atoms with Crippen LogP contribution in [0.4, 0.5) is 0 Å². The molecule has 0 aromatic carbocycles. The Morgan fingerprint density at radius 1 is 1.14 bits per heavy atom. The number of rotatable bonds is 4. The fourth-order valence-corrected chi connectivity index (χ4v) is 3.24. The van der Waals surface area contributed by atoms with Crippen molar-refractivity contribution >= 4 is 0 Å². The summed E-state index contributed by atoms with van der Waals surface area (Å²) in [5, 5.41) is 3.51. The Morgan fingerprint density at radius 2 is 1.71 bits per heavy atom. The van der Waals surface area contributed by atoms with Crippen molar-refractivity contribution in [2.45, 2.75) is 58.9 Å². The molecule has 84 valence electrons. The Balaban J connectivity index is 2.61. The average Bonchev–Trinajstić information content (AvgIpc) is 2.20. The Morgan fingerprint density at radius 3 is 2.14 bits per heavy atom. The van der Waals surface area contributed by atoms with Crippen molar-refractivity contribution in [1.82, 2.24) is 5.32 Å². The molecule has 0 amide bonds. The molecule has 1 N–H and O–H groups in total. The van der Waals surface area contributed by atoms with Crippen LogP contribution in [-0.2, 0) is 0 Å². The van der Waals surface area contributed by atoms with Crippen LogP contribution in [0.5, 0.6) is 0 Å². The Kier molecular flexibility index (Phi) is 4.94. The van der Waals surface area contributed by atoms with Crippen molar-refractivity contribution < 1.29 is 0 Å². The first kappa shape index (κ1) is 12.0. The van der Waals surface area contributed by atoms with Gasteiger partial charge in [0.2, 0.25) is 0 Å². The van der Waals surface area contributed by atoms with E-state index >= 15 is 0 Å². The van der Waals surface area contributed by atoms with Crippen LogP contribution in [0, 0.1) is 17.8 Å². The molecule has 1 aliphatic rings. The maximum atomic E-state index is 3.51. The standard InChI is InChI=1S/C13H27N/c1-5-13(14-4)12-9-7-6-8-11(12)10(2)3/h10-14H,5-9H2,1-4H3. The topological polar surface area (TPSA) is 12.0 Å². The number of hydrogen-bond donors (Lipinski definition) is 1. The lowest BCUT2D eigenvalue weighted by Crippen LogP contribution is -2.40. The summed E-state index contributed by atoms with van der Waals surface area (Å²) in [4.78, 5) is 0. The van der Waals surface area contributed by atoms with Gasteiger partial charge >= 0.3 is 0 Å². The van der Waals surface area contributed by atoms with E-state index in [1.165, 1.54) is 32.1 Å². The molecule has 1 saturated carbocycles. The van der Waals surface area contributed by atoms with Crippen LogP contribution in [0.1, 0.15) is 52.9 Å². The molecule has 0 bridgehead atoms. The van der Waals surface area contributed by atoms with Crippen LogP contribution in [0.2, 0.25) is 0 Å². The molecule has 1 heteroatoms. The maximum Gasteiger partial charge on any atom is 0.00924 e. The molecule has 0 aromatic heterocycles. The van der Waals surface area contributed by atoms with Gasteiger partial charge in [-0.25, -0.2) is 0 Å². The molecule has 0 spiro atoms. The Bertz CT molecular complexity index is 149. The van der Waals surface area contributed by atoms with Gasteiger partial charge in [-0.15, -0.1) is 0 Å². The summed E-state index contributed by atoms with van der Waals surface area (Å²) in [6, 6.07) is 0.753. The predicted molar refractivity (Wildman–Crippen MR) is 63.4 cm³/mol. The maximum absolute atomic E-state index is 3.51. The quantitative estimate of drug-likeness (QED) is 0.728. The smallest absolute Gasteiger partial charge is 0.00924 e. The normalized spacial score (nSPS) is 30.6. The van der Waals surface area contributed by atoms with E-state index < -0.39 is 0 Å². The van der Waals surface area contributed by atoms with Crippen LogP contribution in [0.15, 0.2) is 0 Å². The van der Waals surface area contributed by atoms with Crippen LogP contribution in [0.3, 0.4) is 0 Å².